The van der Waals surface area contributed by atoms with E-state index in [9.17, 15) is 22.9 Å². The number of aliphatic hydroxyl groups is 1. The molecule has 2 N–H and O–H groups in total. The van der Waals surface area contributed by atoms with E-state index in [-0.39, 0.29) is 37.4 Å². The Labute approximate surface area is 293 Å². The Morgan fingerprint density at radius 1 is 0.939 bits per heavy atom. The van der Waals surface area contributed by atoms with Crippen molar-refractivity contribution in [3.8, 4) is 5.75 Å². The summed E-state index contributed by atoms with van der Waals surface area (Å²) in [6, 6.07) is 14.2. The van der Waals surface area contributed by atoms with Gasteiger partial charge in [-0.25, -0.2) is 13.2 Å². The summed E-state index contributed by atoms with van der Waals surface area (Å²) in [5, 5.41) is 14.4. The molecule has 0 heterocycles. The Bertz CT molecular complexity index is 1400. The number of methoxy groups -OCH3 is 1. The number of unbranched alkanes of at least 4 members (excludes halogenated alkanes) is 2. The van der Waals surface area contributed by atoms with Crippen molar-refractivity contribution in [2.24, 2.45) is 0 Å². The van der Waals surface area contributed by atoms with Crippen LogP contribution in [-0.4, -0.2) is 87.0 Å². The van der Waals surface area contributed by atoms with Gasteiger partial charge in [0.2, 0.25) is 10.0 Å². The van der Waals surface area contributed by atoms with Gasteiger partial charge in [-0.05, 0) is 83.7 Å². The molecular weight excluding hydrogens is 671 g/mol. The van der Waals surface area contributed by atoms with Crippen LogP contribution in [0.4, 0.5) is 4.79 Å². The monoisotopic (exact) mass is 728 g/mol. The number of amides is 1. The second-order valence-electron chi connectivity index (χ2n) is 13.5. The van der Waals surface area contributed by atoms with E-state index in [0.29, 0.717) is 18.6 Å². The summed E-state index contributed by atoms with van der Waals surface area (Å²) in [5.41, 5.74) is -1.19. The minimum atomic E-state index is -4.24. The van der Waals surface area contributed by atoms with Crippen molar-refractivity contribution in [3.63, 3.8) is 0 Å². The van der Waals surface area contributed by atoms with Gasteiger partial charge in [-0.2, -0.15) is 4.31 Å². The van der Waals surface area contributed by atoms with Gasteiger partial charge >= 0.3 is 13.7 Å². The van der Waals surface area contributed by atoms with Crippen molar-refractivity contribution in [1.29, 1.82) is 0 Å². The molecule has 0 aliphatic heterocycles. The van der Waals surface area contributed by atoms with E-state index in [0.717, 1.165) is 22.7 Å². The molecule has 0 spiro atoms. The first kappa shape index (κ1) is 42.7. The average Bonchev–Trinajstić information content (AvgIpc) is 3.03. The third-order valence-electron chi connectivity index (χ3n) is 7.30. The minimum Gasteiger partial charge on any atom is -0.497 e. The van der Waals surface area contributed by atoms with Crippen LogP contribution in [-0.2, 0) is 39.5 Å². The number of alkyl carbamates (subject to hydrolysis) is 1. The molecule has 0 radical (unpaired) electrons. The fourth-order valence-corrected chi connectivity index (χ4v) is 7.78. The number of ether oxygens (including phenoxy) is 3. The van der Waals surface area contributed by atoms with Crippen molar-refractivity contribution in [2.45, 2.75) is 109 Å². The number of nitrogens with one attached hydrogen (secondary N) is 1. The highest BCUT2D eigenvalue weighted by atomic mass is 32.2. The zero-order valence-corrected chi connectivity index (χ0v) is 32.1. The molecule has 2 atom stereocenters. The molecule has 0 fully saturated rings. The van der Waals surface area contributed by atoms with Gasteiger partial charge < -0.3 is 33.7 Å². The summed E-state index contributed by atoms with van der Waals surface area (Å²) in [6.07, 6.45) is 0.759. The molecule has 14 heteroatoms. The maximum Gasteiger partial charge on any atom is 0.407 e. The number of aliphatic hydroxyl groups excluding tert-OH is 1. The number of rotatable bonds is 22. The molecular formula is C35H57N2O10PS. The first-order valence-corrected chi connectivity index (χ1v) is 20.0. The summed E-state index contributed by atoms with van der Waals surface area (Å²) < 4.78 is 71.2. The quantitative estimate of drug-likeness (QED) is 0.0984. The normalized spacial score (nSPS) is 14.0. The second-order valence-corrected chi connectivity index (χ2v) is 17.4. The highest BCUT2D eigenvalue weighted by molar-refractivity contribution is 7.89. The highest BCUT2D eigenvalue weighted by Crippen LogP contribution is 2.49. The van der Waals surface area contributed by atoms with Gasteiger partial charge in [0, 0.05) is 13.1 Å². The van der Waals surface area contributed by atoms with Crippen LogP contribution in [0.25, 0.3) is 0 Å². The molecule has 278 valence electrons. The van der Waals surface area contributed by atoms with Crippen LogP contribution >= 0.6 is 7.60 Å². The van der Waals surface area contributed by atoms with Gasteiger partial charge in [0.25, 0.3) is 0 Å². The van der Waals surface area contributed by atoms with E-state index in [1.165, 1.54) is 31.4 Å². The Hall–Kier alpha value is -2.51. The van der Waals surface area contributed by atoms with E-state index < -0.39 is 53.6 Å². The van der Waals surface area contributed by atoms with Crippen molar-refractivity contribution < 1.29 is 46.1 Å². The second kappa shape index (κ2) is 19.8. The molecule has 0 saturated carbocycles. The van der Waals surface area contributed by atoms with Crippen LogP contribution in [0.3, 0.4) is 0 Å². The molecule has 0 bridgehead atoms. The lowest BCUT2D eigenvalue weighted by atomic mass is 10.0. The molecule has 2 aromatic carbocycles. The van der Waals surface area contributed by atoms with Gasteiger partial charge in [-0.15, -0.1) is 0 Å². The summed E-state index contributed by atoms with van der Waals surface area (Å²) in [4.78, 5) is 12.8. The predicted molar refractivity (Wildman–Crippen MR) is 190 cm³/mol. The van der Waals surface area contributed by atoms with Crippen LogP contribution in [0, 0.1) is 0 Å². The summed E-state index contributed by atoms with van der Waals surface area (Å²) in [5.74, 6) is 0.473. The van der Waals surface area contributed by atoms with Gasteiger partial charge in [0.1, 0.15) is 17.7 Å². The minimum absolute atomic E-state index is 0.0347. The lowest BCUT2D eigenvalue weighted by molar-refractivity contribution is -0.0205. The van der Waals surface area contributed by atoms with Gasteiger partial charge in [-0.3, -0.25) is 4.57 Å². The van der Waals surface area contributed by atoms with Crippen molar-refractivity contribution in [3.05, 3.63) is 60.2 Å². The van der Waals surface area contributed by atoms with E-state index in [4.69, 9.17) is 23.3 Å². The van der Waals surface area contributed by atoms with Crippen LogP contribution < -0.4 is 10.1 Å². The maximum atomic E-state index is 14.2. The first-order chi connectivity index (χ1) is 22.9. The molecule has 49 heavy (non-hydrogen) atoms. The number of benzene rings is 2. The maximum absolute atomic E-state index is 14.2. The van der Waals surface area contributed by atoms with Crippen molar-refractivity contribution in [1.82, 2.24) is 9.62 Å². The molecule has 1 amide bonds. The molecule has 0 aliphatic rings. The Morgan fingerprint density at radius 3 is 2.02 bits per heavy atom. The SMILES string of the molecule is CCCCOP(=O)(COC(C)(C)CN(CC(O)C(Cc1ccccc1)NC(=O)OC(C)(C)C)S(=O)(=O)c1ccc(OC)cc1)OCCCC. The number of nitrogens with zero attached hydrogens (tertiary/aromatic N) is 1. The van der Waals surface area contributed by atoms with Crippen LogP contribution in [0.15, 0.2) is 59.5 Å². The van der Waals surface area contributed by atoms with E-state index in [1.807, 2.05) is 44.2 Å². The third-order valence-corrected chi connectivity index (χ3v) is 10.7. The zero-order valence-electron chi connectivity index (χ0n) is 30.3. The van der Waals surface area contributed by atoms with Crippen LogP contribution in [0.2, 0.25) is 0 Å². The number of carbonyl (C=O) groups excluding carboxylic acids is 1. The topological polar surface area (TPSA) is 150 Å². The fraction of sp³-hybridized carbons (Fsp3) is 0.629. The lowest BCUT2D eigenvalue weighted by Gasteiger charge is -2.35. The molecule has 2 rings (SSSR count). The molecule has 0 aromatic heterocycles. The predicted octanol–water partition coefficient (Wildman–Crippen LogP) is 6.76. The van der Waals surface area contributed by atoms with Crippen molar-refractivity contribution >= 4 is 23.7 Å². The number of hydrogen-bond acceptors (Lipinski definition) is 10. The van der Waals surface area contributed by atoms with E-state index in [1.54, 1.807) is 34.6 Å². The Morgan fingerprint density at radius 2 is 1.51 bits per heavy atom. The van der Waals surface area contributed by atoms with Gasteiger partial charge in [0.05, 0.1) is 43.0 Å². The van der Waals surface area contributed by atoms with Gasteiger partial charge in [-0.1, -0.05) is 57.0 Å². The number of carbonyl (C=O) groups is 1. The smallest absolute Gasteiger partial charge is 0.407 e. The fourth-order valence-electron chi connectivity index (χ4n) is 4.62. The van der Waals surface area contributed by atoms with Crippen molar-refractivity contribution in [2.75, 3.05) is 39.8 Å². The van der Waals surface area contributed by atoms with E-state index >= 15 is 0 Å². The Kier molecular flexibility index (Phi) is 17.2. The third kappa shape index (κ3) is 15.5. The van der Waals surface area contributed by atoms with E-state index in [2.05, 4.69) is 5.32 Å². The number of sulfonamides is 1. The molecule has 0 saturated heterocycles. The molecule has 2 aromatic rings. The largest absolute Gasteiger partial charge is 0.497 e. The Balaban J connectivity index is 2.43. The zero-order chi connectivity index (χ0) is 36.7. The molecule has 0 aliphatic carbocycles. The summed E-state index contributed by atoms with van der Waals surface area (Å²) in [7, 11) is -6.42. The van der Waals surface area contributed by atoms with Gasteiger partial charge in [0.15, 0.2) is 0 Å². The molecule has 12 nitrogen and oxygen atoms in total. The summed E-state index contributed by atoms with van der Waals surface area (Å²) in [6.45, 7) is 12.3. The average molecular weight is 729 g/mol. The van der Waals surface area contributed by atoms with Crippen LogP contribution in [0.1, 0.15) is 79.7 Å². The highest BCUT2D eigenvalue weighted by Gasteiger charge is 2.37. The number of hydrogen-bond donors (Lipinski definition) is 2. The van der Waals surface area contributed by atoms with Crippen LogP contribution in [0.5, 0.6) is 5.75 Å². The summed E-state index contributed by atoms with van der Waals surface area (Å²) >= 11 is 0. The molecule has 2 unspecified atom stereocenters. The lowest BCUT2D eigenvalue weighted by Crippen LogP contribution is -2.53. The standard InChI is InChI=1S/C35H57N2O10PS/c1-9-11-22-45-48(40,46-23-12-10-2)27-44-35(6,7)26-37(49(41,42)30-20-18-29(43-8)19-21-30)25-32(38)31(24-28-16-14-13-15-17-28)36-33(39)47-34(3,4)5/h13-21,31-32,38H,9-12,22-27H2,1-8H3,(H,36,39). The first-order valence-electron chi connectivity index (χ1n) is 16.8.